The van der Waals surface area contributed by atoms with E-state index in [1.165, 1.54) is 0 Å². The van der Waals surface area contributed by atoms with Crippen molar-refractivity contribution in [1.82, 2.24) is 19.4 Å². The molecular formula is C29H24ClN5O5. The van der Waals surface area contributed by atoms with E-state index in [0.29, 0.717) is 40.2 Å². The molecule has 4 heterocycles. The lowest BCUT2D eigenvalue weighted by molar-refractivity contribution is 0.0120. The summed E-state index contributed by atoms with van der Waals surface area (Å²) in [5, 5.41) is 19.3. The van der Waals surface area contributed by atoms with E-state index in [1.807, 2.05) is 12.1 Å². The van der Waals surface area contributed by atoms with Crippen LogP contribution in [0.3, 0.4) is 0 Å². The Kier molecular flexibility index (Phi) is 6.08. The molecule has 10 nitrogen and oxygen atoms in total. The second-order valence-electron chi connectivity index (χ2n) is 10.3. The van der Waals surface area contributed by atoms with E-state index in [1.54, 1.807) is 42.6 Å². The fourth-order valence-corrected chi connectivity index (χ4v) is 5.67. The summed E-state index contributed by atoms with van der Waals surface area (Å²) >= 11 is 5.96. The first-order valence-corrected chi connectivity index (χ1v) is 13.4. The van der Waals surface area contributed by atoms with Crippen molar-refractivity contribution in [3.05, 3.63) is 82.4 Å². The second-order valence-corrected chi connectivity index (χ2v) is 10.8. The van der Waals surface area contributed by atoms with Crippen LogP contribution in [0.25, 0.3) is 11.0 Å². The van der Waals surface area contributed by atoms with Gasteiger partial charge in [-0.2, -0.15) is 5.26 Å². The lowest BCUT2D eigenvalue weighted by atomic mass is 10.1. The van der Waals surface area contributed by atoms with E-state index in [0.717, 1.165) is 36.6 Å². The zero-order valence-corrected chi connectivity index (χ0v) is 22.0. The van der Waals surface area contributed by atoms with Gasteiger partial charge < -0.3 is 23.9 Å². The lowest BCUT2D eigenvalue weighted by Gasteiger charge is -2.38. The van der Waals surface area contributed by atoms with Crippen molar-refractivity contribution in [2.24, 2.45) is 5.92 Å². The van der Waals surface area contributed by atoms with Gasteiger partial charge in [-0.1, -0.05) is 11.6 Å². The third kappa shape index (κ3) is 4.52. The van der Waals surface area contributed by atoms with Crippen LogP contribution in [-0.4, -0.2) is 62.4 Å². The van der Waals surface area contributed by atoms with E-state index in [-0.39, 0.29) is 30.4 Å². The zero-order valence-electron chi connectivity index (χ0n) is 21.2. The quantitative estimate of drug-likeness (QED) is 0.324. The van der Waals surface area contributed by atoms with Crippen molar-refractivity contribution in [3.63, 3.8) is 0 Å². The van der Waals surface area contributed by atoms with Crippen LogP contribution in [-0.2, 0) is 17.9 Å². The Morgan fingerprint density at radius 3 is 2.80 bits per heavy atom. The third-order valence-electron chi connectivity index (χ3n) is 7.66. The fraction of sp³-hybridized carbons (Fsp3) is 0.310. The van der Waals surface area contributed by atoms with Crippen LogP contribution in [0.5, 0.6) is 11.5 Å². The Labute approximate surface area is 234 Å². The highest BCUT2D eigenvalue weighted by Gasteiger charge is 2.61. The monoisotopic (exact) mass is 557 g/mol. The van der Waals surface area contributed by atoms with Crippen molar-refractivity contribution in [1.29, 1.82) is 5.26 Å². The number of fused-ring (bicyclic) bond motifs is 2. The first kappa shape index (κ1) is 24.8. The highest BCUT2D eigenvalue weighted by Crippen LogP contribution is 2.55. The zero-order chi connectivity index (χ0) is 27.4. The minimum absolute atomic E-state index is 0.0227. The van der Waals surface area contributed by atoms with Gasteiger partial charge >= 0.3 is 5.97 Å². The average Bonchev–Trinajstić information content (AvgIpc) is 3.25. The Morgan fingerprint density at radius 1 is 1.20 bits per heavy atom. The number of likely N-dealkylation sites (tertiary alicyclic amines) is 1. The maximum Gasteiger partial charge on any atom is 0.335 e. The minimum Gasteiger partial charge on any atom is -0.488 e. The molecule has 2 aromatic carbocycles. The van der Waals surface area contributed by atoms with Crippen molar-refractivity contribution >= 4 is 28.6 Å². The molecule has 1 N–H and O–H groups in total. The van der Waals surface area contributed by atoms with Crippen LogP contribution in [0.4, 0.5) is 0 Å². The summed E-state index contributed by atoms with van der Waals surface area (Å²) in [5.41, 5.74) is 2.95. The molecule has 0 spiro atoms. The van der Waals surface area contributed by atoms with Crippen molar-refractivity contribution in [2.45, 2.75) is 31.4 Å². The number of aromatic carboxylic acids is 1. The van der Waals surface area contributed by atoms with E-state index in [4.69, 9.17) is 30.8 Å². The van der Waals surface area contributed by atoms with Crippen LogP contribution in [0.1, 0.15) is 33.5 Å². The van der Waals surface area contributed by atoms with Crippen LogP contribution in [0.2, 0.25) is 5.02 Å². The number of carboxylic acid groups (broad SMARTS) is 1. The number of halogens is 1. The molecule has 7 rings (SSSR count). The molecule has 2 aromatic heterocycles. The number of hydrogen-bond donors (Lipinski definition) is 1. The predicted octanol–water partition coefficient (Wildman–Crippen LogP) is 4.07. The number of carbonyl (C=O) groups is 1. The van der Waals surface area contributed by atoms with Crippen molar-refractivity contribution in [2.75, 3.05) is 19.7 Å². The van der Waals surface area contributed by atoms with E-state index >= 15 is 0 Å². The molecule has 4 aromatic rings. The topological polar surface area (TPSA) is 123 Å². The fourth-order valence-electron chi connectivity index (χ4n) is 5.49. The van der Waals surface area contributed by atoms with E-state index in [9.17, 15) is 15.2 Å². The van der Waals surface area contributed by atoms with Crippen molar-refractivity contribution in [3.8, 4) is 17.6 Å². The number of imidazole rings is 1. The number of benzene rings is 2. The number of carboxylic acids is 1. The first-order valence-electron chi connectivity index (χ1n) is 13.0. The van der Waals surface area contributed by atoms with Gasteiger partial charge in [0.15, 0.2) is 0 Å². The Hall–Kier alpha value is -4.17. The molecule has 202 valence electrons. The summed E-state index contributed by atoms with van der Waals surface area (Å²) in [5.74, 6) is 1.60. The minimum atomic E-state index is -0.948. The molecule has 3 fully saturated rings. The Bertz CT molecular complexity index is 1670. The number of nitriles is 1. The number of aromatic nitrogens is 3. The highest BCUT2D eigenvalue weighted by molar-refractivity contribution is 6.30. The maximum absolute atomic E-state index is 11.6. The number of pyridine rings is 1. The molecule has 0 radical (unpaired) electrons. The van der Waals surface area contributed by atoms with E-state index in [2.05, 4.69) is 20.5 Å². The van der Waals surface area contributed by atoms with Gasteiger partial charge in [-0.25, -0.2) is 9.78 Å². The normalized spacial score (nSPS) is 21.6. The van der Waals surface area contributed by atoms with Gasteiger partial charge in [0.25, 0.3) is 0 Å². The van der Waals surface area contributed by atoms with Gasteiger partial charge in [0.2, 0.25) is 0 Å². The smallest absolute Gasteiger partial charge is 0.335 e. The molecule has 1 aliphatic carbocycles. The van der Waals surface area contributed by atoms with Gasteiger partial charge in [0.1, 0.15) is 36.1 Å². The summed E-state index contributed by atoms with van der Waals surface area (Å²) in [6.07, 6.45) is 1.90. The summed E-state index contributed by atoms with van der Waals surface area (Å²) in [7, 11) is 0. The molecule has 2 saturated heterocycles. The molecule has 2 unspecified atom stereocenters. The Balaban J connectivity index is 0.992. The van der Waals surface area contributed by atoms with Gasteiger partial charge in [0.05, 0.1) is 53.2 Å². The molecule has 3 aliphatic rings. The third-order valence-corrected chi connectivity index (χ3v) is 7.90. The molecule has 0 amide bonds. The van der Waals surface area contributed by atoms with Gasteiger partial charge in [0, 0.05) is 36.3 Å². The predicted molar refractivity (Wildman–Crippen MR) is 143 cm³/mol. The second kappa shape index (κ2) is 9.78. The molecular weight excluding hydrogens is 534 g/mol. The molecule has 3 atom stereocenters. The first-order chi connectivity index (χ1) is 19.5. The number of hydrogen-bond acceptors (Lipinski definition) is 8. The van der Waals surface area contributed by atoms with Crippen LogP contribution < -0.4 is 9.47 Å². The van der Waals surface area contributed by atoms with Gasteiger partial charge in [-0.05, 0) is 42.5 Å². The lowest BCUT2D eigenvalue weighted by Crippen LogP contribution is -2.53. The molecule has 0 bridgehead atoms. The molecule has 40 heavy (non-hydrogen) atoms. The van der Waals surface area contributed by atoms with Crippen LogP contribution in [0, 0.1) is 17.2 Å². The summed E-state index contributed by atoms with van der Waals surface area (Å²) < 4.78 is 19.9. The van der Waals surface area contributed by atoms with Crippen LogP contribution in [0.15, 0.2) is 54.7 Å². The summed E-state index contributed by atoms with van der Waals surface area (Å²) in [4.78, 5) is 23.0. The van der Waals surface area contributed by atoms with E-state index < -0.39 is 5.97 Å². The standard InChI is InChI=1S/C29H24ClN5O5/c30-18-2-4-25(17(7-18)10-31)38-14-19-9-20(5-6-32-19)40-21-11-34(12-21)13-26-33-23-3-1-16(29(36)37)8-24(23)35(26)27-22-15-39-28(22)27/h1-9,21-22,27-28H,11-15H2,(H,36,37)/t22?,27?,28-/m0/s1. The summed E-state index contributed by atoms with van der Waals surface area (Å²) in [6, 6.07) is 16.0. The molecule has 2 aliphatic heterocycles. The highest BCUT2D eigenvalue weighted by atomic mass is 35.5. The average molecular weight is 558 g/mol. The number of rotatable bonds is 9. The number of ether oxygens (including phenoxy) is 3. The van der Waals surface area contributed by atoms with Gasteiger partial charge in [-0.3, -0.25) is 9.88 Å². The summed E-state index contributed by atoms with van der Waals surface area (Å²) in [6.45, 7) is 3.05. The molecule has 11 heteroatoms. The molecule has 1 saturated carbocycles. The van der Waals surface area contributed by atoms with Crippen molar-refractivity contribution < 1.29 is 24.1 Å². The maximum atomic E-state index is 11.6. The SMILES string of the molecule is N#Cc1cc(Cl)ccc1OCc1cc(OC2CN(Cc3nc4ccc(C(=O)O)cc4n3C3C4CO[C@@H]43)C2)ccn1. The largest absolute Gasteiger partial charge is 0.488 e. The van der Waals surface area contributed by atoms with Crippen LogP contribution >= 0.6 is 11.6 Å². The Morgan fingerprint density at radius 2 is 2.05 bits per heavy atom. The van der Waals surface area contributed by atoms with Gasteiger partial charge in [-0.15, -0.1) is 0 Å². The number of nitrogens with zero attached hydrogens (tertiary/aromatic N) is 5.